The Hall–Kier alpha value is -2.45. The highest BCUT2D eigenvalue weighted by molar-refractivity contribution is 5.46. The van der Waals surface area contributed by atoms with Crippen LogP contribution in [0.4, 0.5) is 13.2 Å². The van der Waals surface area contributed by atoms with Crippen molar-refractivity contribution < 1.29 is 17.9 Å². The summed E-state index contributed by atoms with van der Waals surface area (Å²) in [6.45, 7) is -0.0684. The third kappa shape index (κ3) is 4.01. The monoisotopic (exact) mass is 291 g/mol. The van der Waals surface area contributed by atoms with Gasteiger partial charge in [-0.05, 0) is 36.4 Å². The zero-order chi connectivity index (χ0) is 15.2. The van der Waals surface area contributed by atoms with E-state index in [1.54, 1.807) is 0 Å². The lowest BCUT2D eigenvalue weighted by Gasteiger charge is -2.09. The Morgan fingerprint density at radius 1 is 1.00 bits per heavy atom. The van der Waals surface area contributed by atoms with Crippen molar-refractivity contribution in [3.05, 3.63) is 65.0 Å². The van der Waals surface area contributed by atoms with Gasteiger partial charge in [-0.1, -0.05) is 11.8 Å². The van der Waals surface area contributed by atoms with Crippen LogP contribution < -0.4 is 10.5 Å². The summed E-state index contributed by atoms with van der Waals surface area (Å²) in [5, 5.41) is 0. The van der Waals surface area contributed by atoms with Crippen LogP contribution in [-0.2, 0) is 6.61 Å². The van der Waals surface area contributed by atoms with Crippen LogP contribution in [0.3, 0.4) is 0 Å². The maximum atomic E-state index is 13.5. The lowest BCUT2D eigenvalue weighted by Crippen LogP contribution is -2.01. The average Bonchev–Trinajstić information content (AvgIpc) is 2.47. The van der Waals surface area contributed by atoms with Crippen LogP contribution in [-0.4, -0.2) is 6.54 Å². The van der Waals surface area contributed by atoms with Crippen molar-refractivity contribution in [1.29, 1.82) is 0 Å². The van der Waals surface area contributed by atoms with Gasteiger partial charge in [0.1, 0.15) is 29.8 Å². The van der Waals surface area contributed by atoms with Crippen LogP contribution in [0.25, 0.3) is 0 Å². The molecule has 0 spiro atoms. The van der Waals surface area contributed by atoms with Gasteiger partial charge in [0.05, 0.1) is 12.1 Å². The molecule has 0 radical (unpaired) electrons. The van der Waals surface area contributed by atoms with Crippen molar-refractivity contribution in [3.8, 4) is 17.6 Å². The predicted octanol–water partition coefficient (Wildman–Crippen LogP) is 2.99. The molecule has 0 saturated carbocycles. The van der Waals surface area contributed by atoms with Crippen LogP contribution in [0.2, 0.25) is 0 Å². The fraction of sp³-hybridized carbons (Fsp3) is 0.125. The van der Waals surface area contributed by atoms with E-state index in [0.29, 0.717) is 5.56 Å². The minimum absolute atomic E-state index is 0.0667. The molecule has 0 atom stereocenters. The Bertz CT molecular complexity index is 704. The predicted molar refractivity (Wildman–Crippen MR) is 73.0 cm³/mol. The van der Waals surface area contributed by atoms with Gasteiger partial charge in [0, 0.05) is 5.56 Å². The third-order valence-electron chi connectivity index (χ3n) is 2.66. The summed E-state index contributed by atoms with van der Waals surface area (Å²) in [6.07, 6.45) is 0. The van der Waals surface area contributed by atoms with E-state index in [-0.39, 0.29) is 24.5 Å². The van der Waals surface area contributed by atoms with Gasteiger partial charge in [0.2, 0.25) is 0 Å². The molecule has 0 aliphatic rings. The number of rotatable bonds is 3. The number of benzene rings is 2. The molecule has 2 aromatic rings. The molecule has 0 fully saturated rings. The molecular weight excluding hydrogens is 279 g/mol. The van der Waals surface area contributed by atoms with Gasteiger partial charge >= 0.3 is 0 Å². The van der Waals surface area contributed by atoms with Crippen LogP contribution in [0.15, 0.2) is 36.4 Å². The highest BCUT2D eigenvalue weighted by Crippen LogP contribution is 2.21. The standard InChI is InChI=1S/C16H12F3NO/c17-13-3-5-15(19)12(9-13)10-21-16-6-4-14(18)8-11(16)2-1-7-20/h3-6,8-9H,7,10,20H2. The number of hydrogen-bond acceptors (Lipinski definition) is 2. The van der Waals surface area contributed by atoms with Crippen LogP contribution in [0.5, 0.6) is 5.75 Å². The van der Waals surface area contributed by atoms with E-state index in [2.05, 4.69) is 11.8 Å². The molecule has 21 heavy (non-hydrogen) atoms. The van der Waals surface area contributed by atoms with Gasteiger partial charge in [-0.2, -0.15) is 0 Å². The van der Waals surface area contributed by atoms with Gasteiger partial charge in [-0.3, -0.25) is 0 Å². The van der Waals surface area contributed by atoms with Crippen LogP contribution in [0, 0.1) is 29.3 Å². The van der Waals surface area contributed by atoms with E-state index >= 15 is 0 Å². The van der Waals surface area contributed by atoms with E-state index in [0.717, 1.165) is 18.2 Å². The van der Waals surface area contributed by atoms with Crippen molar-refractivity contribution in [2.75, 3.05) is 6.54 Å². The summed E-state index contributed by atoms with van der Waals surface area (Å²) in [7, 11) is 0. The third-order valence-corrected chi connectivity index (χ3v) is 2.66. The lowest BCUT2D eigenvalue weighted by atomic mass is 10.2. The van der Waals surface area contributed by atoms with Crippen molar-refractivity contribution in [1.82, 2.24) is 0 Å². The lowest BCUT2D eigenvalue weighted by molar-refractivity contribution is 0.297. The summed E-state index contributed by atoms with van der Waals surface area (Å²) in [6, 6.07) is 6.87. The highest BCUT2D eigenvalue weighted by atomic mass is 19.1. The maximum absolute atomic E-state index is 13.5. The largest absolute Gasteiger partial charge is 0.487 e. The summed E-state index contributed by atoms with van der Waals surface area (Å²) in [5.41, 5.74) is 5.64. The van der Waals surface area contributed by atoms with Crippen molar-refractivity contribution in [2.45, 2.75) is 6.61 Å². The second kappa shape index (κ2) is 6.82. The van der Waals surface area contributed by atoms with E-state index in [1.165, 1.54) is 18.2 Å². The Morgan fingerprint density at radius 3 is 2.48 bits per heavy atom. The molecule has 0 unspecified atom stereocenters. The molecule has 2 rings (SSSR count). The molecule has 2 aromatic carbocycles. The average molecular weight is 291 g/mol. The molecule has 0 aliphatic carbocycles. The Labute approximate surface area is 120 Å². The minimum Gasteiger partial charge on any atom is -0.487 e. The summed E-state index contributed by atoms with van der Waals surface area (Å²) >= 11 is 0. The first-order valence-electron chi connectivity index (χ1n) is 6.15. The van der Waals surface area contributed by atoms with Crippen LogP contribution >= 0.6 is 0 Å². The molecule has 2 nitrogen and oxygen atoms in total. The molecule has 0 amide bonds. The van der Waals surface area contributed by atoms with Crippen LogP contribution in [0.1, 0.15) is 11.1 Å². The molecule has 0 heterocycles. The molecule has 108 valence electrons. The van der Waals surface area contributed by atoms with Gasteiger partial charge in [0.25, 0.3) is 0 Å². The molecule has 2 N–H and O–H groups in total. The summed E-state index contributed by atoms with van der Waals surface area (Å²) in [5.74, 6) is 3.93. The van der Waals surface area contributed by atoms with E-state index < -0.39 is 17.5 Å². The summed E-state index contributed by atoms with van der Waals surface area (Å²) in [4.78, 5) is 0. The maximum Gasteiger partial charge on any atom is 0.135 e. The molecule has 0 aliphatic heterocycles. The first-order chi connectivity index (χ1) is 10.1. The summed E-state index contributed by atoms with van der Waals surface area (Å²) < 4.78 is 45.1. The van der Waals surface area contributed by atoms with Gasteiger partial charge in [-0.25, -0.2) is 13.2 Å². The quantitative estimate of drug-likeness (QED) is 0.882. The SMILES string of the molecule is NCC#Cc1cc(F)ccc1OCc1cc(F)ccc1F. The van der Waals surface area contributed by atoms with Crippen molar-refractivity contribution in [3.63, 3.8) is 0 Å². The van der Waals surface area contributed by atoms with Crippen molar-refractivity contribution in [2.24, 2.45) is 5.73 Å². The van der Waals surface area contributed by atoms with Crippen molar-refractivity contribution >= 4 is 0 Å². The zero-order valence-corrected chi connectivity index (χ0v) is 11.0. The van der Waals surface area contributed by atoms with Gasteiger partial charge < -0.3 is 10.5 Å². The topological polar surface area (TPSA) is 35.2 Å². The molecule has 0 aromatic heterocycles. The molecule has 0 saturated heterocycles. The Balaban J connectivity index is 2.21. The number of hydrogen-bond donors (Lipinski definition) is 1. The van der Waals surface area contributed by atoms with Gasteiger partial charge in [0.15, 0.2) is 0 Å². The molecule has 5 heteroatoms. The van der Waals surface area contributed by atoms with Gasteiger partial charge in [-0.15, -0.1) is 0 Å². The minimum atomic E-state index is -0.576. The first-order valence-corrected chi connectivity index (χ1v) is 6.15. The first kappa shape index (κ1) is 14.9. The second-order valence-corrected chi connectivity index (χ2v) is 4.17. The highest BCUT2D eigenvalue weighted by Gasteiger charge is 2.08. The second-order valence-electron chi connectivity index (χ2n) is 4.17. The fourth-order valence-corrected chi connectivity index (χ4v) is 1.68. The normalized spacial score (nSPS) is 9.90. The van der Waals surface area contributed by atoms with E-state index in [4.69, 9.17) is 10.5 Å². The smallest absolute Gasteiger partial charge is 0.135 e. The molecular formula is C16H12F3NO. The van der Waals surface area contributed by atoms with E-state index in [9.17, 15) is 13.2 Å². The fourth-order valence-electron chi connectivity index (χ4n) is 1.68. The molecule has 0 bridgehead atoms. The number of halogens is 3. The van der Waals surface area contributed by atoms with E-state index in [1.807, 2.05) is 0 Å². The zero-order valence-electron chi connectivity index (χ0n) is 11.0. The number of ether oxygens (including phenoxy) is 1. The Morgan fingerprint density at radius 2 is 1.71 bits per heavy atom. The Kier molecular flexibility index (Phi) is 4.85. The number of nitrogens with two attached hydrogens (primary N) is 1.